The molecule has 0 spiro atoms. The van der Waals surface area contributed by atoms with Crippen LogP contribution >= 0.6 is 0 Å². The Hall–Kier alpha value is -1.42. The van der Waals surface area contributed by atoms with E-state index in [1.807, 2.05) is 24.5 Å². The highest BCUT2D eigenvalue weighted by Crippen LogP contribution is 2.41. The Labute approximate surface area is 126 Å². The number of rotatable bonds is 3. The first-order chi connectivity index (χ1) is 10.1. The second-order valence-corrected chi connectivity index (χ2v) is 6.67. The van der Waals surface area contributed by atoms with Crippen molar-refractivity contribution in [3.63, 3.8) is 0 Å². The van der Waals surface area contributed by atoms with Gasteiger partial charge in [0.15, 0.2) is 0 Å². The van der Waals surface area contributed by atoms with Crippen LogP contribution in [0.4, 0.5) is 0 Å². The standard InChI is InChI=1S/C17H25N3O/c1-13(2)17(7-10-19-12-17)16(21)20-11-3-4-15(20)14-5-8-18-9-6-14/h5-6,8-9,13,15,19H,3-4,7,10-12H2,1-2H3. The molecular formula is C17H25N3O. The van der Waals surface area contributed by atoms with E-state index in [-0.39, 0.29) is 11.5 Å². The predicted octanol–water partition coefficient (Wildman–Crippen LogP) is 2.38. The average Bonchev–Trinajstić information content (AvgIpc) is 3.17. The zero-order chi connectivity index (χ0) is 14.9. The number of aromatic nitrogens is 1. The van der Waals surface area contributed by atoms with Crippen molar-refractivity contribution in [2.45, 2.75) is 39.2 Å². The molecule has 0 aromatic carbocycles. The largest absolute Gasteiger partial charge is 0.335 e. The third-order valence-electron chi connectivity index (χ3n) is 5.32. The van der Waals surface area contributed by atoms with Gasteiger partial charge in [-0.2, -0.15) is 0 Å². The zero-order valence-corrected chi connectivity index (χ0v) is 13.0. The van der Waals surface area contributed by atoms with Gasteiger partial charge in [-0.15, -0.1) is 0 Å². The van der Waals surface area contributed by atoms with E-state index < -0.39 is 0 Å². The SMILES string of the molecule is CC(C)C1(C(=O)N2CCCC2c2ccncc2)CCNC1. The summed E-state index contributed by atoms with van der Waals surface area (Å²) in [5.41, 5.74) is 1.01. The maximum absolute atomic E-state index is 13.3. The molecule has 114 valence electrons. The summed E-state index contributed by atoms with van der Waals surface area (Å²) in [6.07, 6.45) is 6.78. The van der Waals surface area contributed by atoms with Crippen molar-refractivity contribution in [3.8, 4) is 0 Å². The van der Waals surface area contributed by atoms with Gasteiger partial charge in [-0.25, -0.2) is 0 Å². The third kappa shape index (κ3) is 2.46. The fraction of sp³-hybridized carbons (Fsp3) is 0.647. The number of hydrogen-bond acceptors (Lipinski definition) is 3. The molecule has 0 radical (unpaired) electrons. The van der Waals surface area contributed by atoms with Crippen LogP contribution in [-0.2, 0) is 4.79 Å². The smallest absolute Gasteiger partial charge is 0.230 e. The van der Waals surface area contributed by atoms with Gasteiger partial charge in [0.1, 0.15) is 0 Å². The van der Waals surface area contributed by atoms with Crippen LogP contribution in [0.2, 0.25) is 0 Å². The molecule has 4 heteroatoms. The van der Waals surface area contributed by atoms with Gasteiger partial charge in [-0.05, 0) is 49.4 Å². The topological polar surface area (TPSA) is 45.2 Å². The monoisotopic (exact) mass is 287 g/mol. The van der Waals surface area contributed by atoms with Crippen LogP contribution in [0.25, 0.3) is 0 Å². The molecule has 1 aromatic rings. The second kappa shape index (κ2) is 5.76. The highest BCUT2D eigenvalue weighted by molar-refractivity contribution is 5.84. The molecule has 0 saturated carbocycles. The van der Waals surface area contributed by atoms with Gasteiger partial charge in [0.2, 0.25) is 5.91 Å². The maximum atomic E-state index is 13.3. The molecule has 1 amide bonds. The number of likely N-dealkylation sites (tertiary alicyclic amines) is 1. The summed E-state index contributed by atoms with van der Waals surface area (Å²) in [6.45, 7) is 7.03. The fourth-order valence-electron chi connectivity index (χ4n) is 3.86. The highest BCUT2D eigenvalue weighted by atomic mass is 16.2. The first-order valence-corrected chi connectivity index (χ1v) is 8.07. The Morgan fingerprint density at radius 2 is 2.19 bits per heavy atom. The number of nitrogens with one attached hydrogen (secondary N) is 1. The molecule has 2 aliphatic heterocycles. The van der Waals surface area contributed by atoms with Crippen LogP contribution in [0, 0.1) is 11.3 Å². The molecule has 0 bridgehead atoms. The molecule has 2 aliphatic rings. The van der Waals surface area contributed by atoms with Crippen molar-refractivity contribution in [2.75, 3.05) is 19.6 Å². The molecule has 21 heavy (non-hydrogen) atoms. The molecule has 2 fully saturated rings. The lowest BCUT2D eigenvalue weighted by atomic mass is 9.75. The molecular weight excluding hydrogens is 262 g/mol. The average molecular weight is 287 g/mol. The minimum atomic E-state index is -0.213. The number of nitrogens with zero attached hydrogens (tertiary/aromatic N) is 2. The van der Waals surface area contributed by atoms with Gasteiger partial charge in [-0.1, -0.05) is 13.8 Å². The normalized spacial score (nSPS) is 29.3. The van der Waals surface area contributed by atoms with Gasteiger partial charge in [0.05, 0.1) is 11.5 Å². The van der Waals surface area contributed by atoms with Crippen LogP contribution in [0.5, 0.6) is 0 Å². The molecule has 3 heterocycles. The molecule has 2 unspecified atom stereocenters. The Morgan fingerprint density at radius 3 is 2.81 bits per heavy atom. The van der Waals surface area contributed by atoms with E-state index in [2.05, 4.69) is 29.0 Å². The summed E-state index contributed by atoms with van der Waals surface area (Å²) in [5, 5.41) is 3.40. The zero-order valence-electron chi connectivity index (χ0n) is 13.0. The lowest BCUT2D eigenvalue weighted by Gasteiger charge is -2.37. The second-order valence-electron chi connectivity index (χ2n) is 6.67. The van der Waals surface area contributed by atoms with Crippen LogP contribution in [-0.4, -0.2) is 35.4 Å². The van der Waals surface area contributed by atoms with Crippen molar-refractivity contribution in [2.24, 2.45) is 11.3 Å². The third-order valence-corrected chi connectivity index (χ3v) is 5.32. The van der Waals surface area contributed by atoms with Crippen molar-refractivity contribution in [1.29, 1.82) is 0 Å². The van der Waals surface area contributed by atoms with Crippen molar-refractivity contribution < 1.29 is 4.79 Å². The Bertz CT molecular complexity index is 494. The number of pyridine rings is 1. The lowest BCUT2D eigenvalue weighted by Crippen LogP contribution is -2.48. The Morgan fingerprint density at radius 1 is 1.43 bits per heavy atom. The number of hydrogen-bond donors (Lipinski definition) is 1. The van der Waals surface area contributed by atoms with E-state index in [1.54, 1.807) is 0 Å². The number of carbonyl (C=O) groups is 1. The van der Waals surface area contributed by atoms with Gasteiger partial charge in [0.25, 0.3) is 0 Å². The molecule has 2 atom stereocenters. The molecule has 1 aromatic heterocycles. The minimum Gasteiger partial charge on any atom is -0.335 e. The van der Waals surface area contributed by atoms with E-state index >= 15 is 0 Å². The Kier molecular flexibility index (Phi) is 3.98. The van der Waals surface area contributed by atoms with E-state index in [0.29, 0.717) is 11.8 Å². The van der Waals surface area contributed by atoms with Crippen molar-refractivity contribution >= 4 is 5.91 Å². The maximum Gasteiger partial charge on any atom is 0.230 e. The van der Waals surface area contributed by atoms with Crippen LogP contribution in [0.3, 0.4) is 0 Å². The van der Waals surface area contributed by atoms with Crippen LogP contribution in [0.15, 0.2) is 24.5 Å². The van der Waals surface area contributed by atoms with E-state index in [0.717, 1.165) is 38.9 Å². The molecule has 2 saturated heterocycles. The van der Waals surface area contributed by atoms with E-state index in [9.17, 15) is 4.79 Å². The number of carbonyl (C=O) groups excluding carboxylic acids is 1. The lowest BCUT2D eigenvalue weighted by molar-refractivity contribution is -0.144. The summed E-state index contributed by atoms with van der Waals surface area (Å²) < 4.78 is 0. The molecule has 1 N–H and O–H groups in total. The first-order valence-electron chi connectivity index (χ1n) is 8.07. The van der Waals surface area contributed by atoms with E-state index in [1.165, 1.54) is 5.56 Å². The summed E-state index contributed by atoms with van der Waals surface area (Å²) in [5.74, 6) is 0.723. The quantitative estimate of drug-likeness (QED) is 0.928. The molecule has 4 nitrogen and oxygen atoms in total. The number of amides is 1. The van der Waals surface area contributed by atoms with Crippen LogP contribution in [0.1, 0.15) is 44.7 Å². The fourth-order valence-corrected chi connectivity index (χ4v) is 3.86. The summed E-state index contributed by atoms with van der Waals surface area (Å²) in [7, 11) is 0. The van der Waals surface area contributed by atoms with Gasteiger partial charge >= 0.3 is 0 Å². The van der Waals surface area contributed by atoms with Crippen molar-refractivity contribution in [3.05, 3.63) is 30.1 Å². The predicted molar refractivity (Wildman–Crippen MR) is 82.7 cm³/mol. The molecule has 0 aliphatic carbocycles. The van der Waals surface area contributed by atoms with Gasteiger partial charge in [0, 0.05) is 25.5 Å². The summed E-state index contributed by atoms with van der Waals surface area (Å²) in [4.78, 5) is 19.5. The first kappa shape index (κ1) is 14.5. The van der Waals surface area contributed by atoms with Crippen molar-refractivity contribution in [1.82, 2.24) is 15.2 Å². The summed E-state index contributed by atoms with van der Waals surface area (Å²) >= 11 is 0. The Balaban J connectivity index is 1.86. The minimum absolute atomic E-state index is 0.213. The van der Waals surface area contributed by atoms with Gasteiger partial charge in [-0.3, -0.25) is 9.78 Å². The highest BCUT2D eigenvalue weighted by Gasteiger charge is 2.48. The molecule has 3 rings (SSSR count). The van der Waals surface area contributed by atoms with Gasteiger partial charge < -0.3 is 10.2 Å². The summed E-state index contributed by atoms with van der Waals surface area (Å²) in [6, 6.07) is 4.33. The van der Waals surface area contributed by atoms with Crippen LogP contribution < -0.4 is 5.32 Å². The van der Waals surface area contributed by atoms with E-state index in [4.69, 9.17) is 0 Å².